The van der Waals surface area contributed by atoms with Gasteiger partial charge in [-0.15, -0.1) is 0 Å². The molecular formula is C20H25ClN2O5S2. The van der Waals surface area contributed by atoms with Crippen LogP contribution in [0.5, 0.6) is 0 Å². The van der Waals surface area contributed by atoms with Crippen LogP contribution in [0.1, 0.15) is 38.1 Å². The third-order valence-electron chi connectivity index (χ3n) is 4.57. The summed E-state index contributed by atoms with van der Waals surface area (Å²) in [6.07, 6.45) is 0. The molecule has 0 radical (unpaired) electrons. The first-order valence-corrected chi connectivity index (χ1v) is 12.8. The number of carbonyl (C=O) groups excluding carboxylic acids is 1. The second kappa shape index (κ2) is 9.47. The van der Waals surface area contributed by atoms with Gasteiger partial charge < -0.3 is 5.32 Å². The fourth-order valence-electron chi connectivity index (χ4n) is 2.84. The summed E-state index contributed by atoms with van der Waals surface area (Å²) < 4.78 is 52.1. The Balaban J connectivity index is 2.46. The van der Waals surface area contributed by atoms with Crippen LogP contribution >= 0.6 is 11.6 Å². The van der Waals surface area contributed by atoms with Gasteiger partial charge in [-0.1, -0.05) is 37.6 Å². The average Bonchev–Trinajstić information content (AvgIpc) is 2.69. The molecule has 0 spiro atoms. The first-order valence-electron chi connectivity index (χ1n) is 9.40. The zero-order valence-corrected chi connectivity index (χ0v) is 19.6. The lowest BCUT2D eigenvalue weighted by Gasteiger charge is -2.20. The van der Waals surface area contributed by atoms with Gasteiger partial charge in [-0.2, -0.15) is 4.31 Å². The standard InChI is InChI=1S/C20H25ClN2O5S2/c1-5-23(6-2)30(27,28)19-13-15(11-12-17(19)21)22-20(24)16-9-7-8-10-18(16)29(25,26)14(3)4/h7-14H,5-6H2,1-4H3,(H,22,24). The number of carbonyl (C=O) groups is 1. The quantitative estimate of drug-likeness (QED) is 0.629. The number of sulfone groups is 1. The maximum Gasteiger partial charge on any atom is 0.256 e. The summed E-state index contributed by atoms with van der Waals surface area (Å²) in [6, 6.07) is 10.0. The molecule has 30 heavy (non-hydrogen) atoms. The normalized spacial score (nSPS) is 12.4. The lowest BCUT2D eigenvalue weighted by Crippen LogP contribution is -2.31. The highest BCUT2D eigenvalue weighted by atomic mass is 35.5. The number of halogens is 1. The van der Waals surface area contributed by atoms with Gasteiger partial charge in [0.1, 0.15) is 4.90 Å². The van der Waals surface area contributed by atoms with Gasteiger partial charge in [0.05, 0.1) is 20.7 Å². The predicted octanol–water partition coefficient (Wildman–Crippen LogP) is 3.80. The van der Waals surface area contributed by atoms with Gasteiger partial charge in [0.15, 0.2) is 9.84 Å². The third kappa shape index (κ3) is 4.85. The Morgan fingerprint density at radius 1 is 1.00 bits per heavy atom. The van der Waals surface area contributed by atoms with Crippen LogP contribution in [0, 0.1) is 0 Å². The molecule has 10 heteroatoms. The largest absolute Gasteiger partial charge is 0.322 e. The summed E-state index contributed by atoms with van der Waals surface area (Å²) in [5.74, 6) is -0.664. The van der Waals surface area contributed by atoms with E-state index in [0.29, 0.717) is 0 Å². The van der Waals surface area contributed by atoms with Crippen LogP contribution in [-0.2, 0) is 19.9 Å². The van der Waals surface area contributed by atoms with Crippen LogP contribution in [0.15, 0.2) is 52.3 Å². The summed E-state index contributed by atoms with van der Waals surface area (Å²) in [5.41, 5.74) is 0.168. The van der Waals surface area contributed by atoms with Crippen molar-refractivity contribution in [3.05, 3.63) is 53.1 Å². The molecule has 164 valence electrons. The summed E-state index contributed by atoms with van der Waals surface area (Å²) in [4.78, 5) is 12.6. The Kier molecular flexibility index (Phi) is 7.68. The highest BCUT2D eigenvalue weighted by Gasteiger charge is 2.27. The lowest BCUT2D eigenvalue weighted by molar-refractivity contribution is 0.102. The van der Waals surface area contributed by atoms with Crippen molar-refractivity contribution in [2.45, 2.75) is 42.7 Å². The molecule has 0 aliphatic carbocycles. The van der Waals surface area contributed by atoms with Crippen molar-refractivity contribution in [2.24, 2.45) is 0 Å². The molecule has 0 bridgehead atoms. The minimum absolute atomic E-state index is 0.0192. The number of rotatable bonds is 8. The molecule has 0 aliphatic rings. The highest BCUT2D eigenvalue weighted by molar-refractivity contribution is 7.92. The molecule has 1 amide bonds. The van der Waals surface area contributed by atoms with Crippen LogP contribution in [0.3, 0.4) is 0 Å². The van der Waals surface area contributed by atoms with Crippen molar-refractivity contribution in [3.63, 3.8) is 0 Å². The van der Waals surface area contributed by atoms with E-state index in [1.54, 1.807) is 26.0 Å². The van der Waals surface area contributed by atoms with Gasteiger partial charge in [0, 0.05) is 18.8 Å². The minimum atomic E-state index is -3.84. The summed E-state index contributed by atoms with van der Waals surface area (Å²) >= 11 is 6.11. The second-order valence-electron chi connectivity index (χ2n) is 6.78. The molecule has 0 saturated carbocycles. The fraction of sp³-hybridized carbons (Fsp3) is 0.350. The van der Waals surface area contributed by atoms with E-state index in [1.165, 1.54) is 48.5 Å². The van der Waals surface area contributed by atoms with E-state index < -0.39 is 31.0 Å². The van der Waals surface area contributed by atoms with E-state index in [2.05, 4.69) is 5.32 Å². The highest BCUT2D eigenvalue weighted by Crippen LogP contribution is 2.28. The van der Waals surface area contributed by atoms with E-state index >= 15 is 0 Å². The van der Waals surface area contributed by atoms with Gasteiger partial charge >= 0.3 is 0 Å². The van der Waals surface area contributed by atoms with Crippen molar-refractivity contribution in [1.82, 2.24) is 4.31 Å². The molecule has 0 aliphatic heterocycles. The smallest absolute Gasteiger partial charge is 0.256 e. The van der Waals surface area contributed by atoms with Crippen LogP contribution < -0.4 is 5.32 Å². The van der Waals surface area contributed by atoms with E-state index in [9.17, 15) is 21.6 Å². The first-order chi connectivity index (χ1) is 14.0. The van der Waals surface area contributed by atoms with E-state index in [0.717, 1.165) is 0 Å². The Labute approximate surface area is 183 Å². The van der Waals surface area contributed by atoms with Gasteiger partial charge in [0.25, 0.3) is 5.91 Å². The van der Waals surface area contributed by atoms with Crippen molar-refractivity contribution in [3.8, 4) is 0 Å². The Morgan fingerprint density at radius 2 is 1.60 bits per heavy atom. The van der Waals surface area contributed by atoms with Gasteiger partial charge in [0.2, 0.25) is 10.0 Å². The molecule has 0 saturated heterocycles. The Bertz CT molecular complexity index is 1140. The van der Waals surface area contributed by atoms with Crippen LogP contribution in [0.25, 0.3) is 0 Å². The Hall–Kier alpha value is -1.94. The number of anilines is 1. The van der Waals surface area contributed by atoms with E-state index in [-0.39, 0.29) is 39.2 Å². The number of benzene rings is 2. The van der Waals surface area contributed by atoms with E-state index in [1.807, 2.05) is 0 Å². The average molecular weight is 473 g/mol. The van der Waals surface area contributed by atoms with Crippen molar-refractivity contribution < 1.29 is 21.6 Å². The van der Waals surface area contributed by atoms with Gasteiger partial charge in [-0.25, -0.2) is 16.8 Å². The van der Waals surface area contributed by atoms with Crippen molar-refractivity contribution in [2.75, 3.05) is 18.4 Å². The topological polar surface area (TPSA) is 101 Å². The zero-order valence-electron chi connectivity index (χ0n) is 17.2. The van der Waals surface area contributed by atoms with Gasteiger partial charge in [-0.3, -0.25) is 4.79 Å². The maximum atomic E-state index is 12.8. The number of amides is 1. The Morgan fingerprint density at radius 3 is 2.17 bits per heavy atom. The lowest BCUT2D eigenvalue weighted by atomic mass is 10.2. The fourth-order valence-corrected chi connectivity index (χ4v) is 6.04. The van der Waals surface area contributed by atoms with Crippen molar-refractivity contribution >= 4 is 43.1 Å². The SMILES string of the molecule is CCN(CC)S(=O)(=O)c1cc(NC(=O)c2ccccc2S(=O)(=O)C(C)C)ccc1Cl. The number of nitrogens with zero attached hydrogens (tertiary/aromatic N) is 1. The van der Waals surface area contributed by atoms with E-state index in [4.69, 9.17) is 11.6 Å². The molecule has 2 aromatic carbocycles. The third-order valence-corrected chi connectivity index (χ3v) is 9.31. The van der Waals surface area contributed by atoms with Crippen LogP contribution in [-0.4, -0.2) is 45.4 Å². The summed E-state index contributed by atoms with van der Waals surface area (Å²) in [6.45, 7) is 7.04. The molecule has 0 fully saturated rings. The van der Waals surface area contributed by atoms with Crippen LogP contribution in [0.2, 0.25) is 5.02 Å². The molecule has 1 N–H and O–H groups in total. The predicted molar refractivity (Wildman–Crippen MR) is 118 cm³/mol. The number of sulfonamides is 1. The molecule has 0 atom stereocenters. The minimum Gasteiger partial charge on any atom is -0.322 e. The molecule has 2 aromatic rings. The number of nitrogens with one attached hydrogen (secondary N) is 1. The molecule has 2 rings (SSSR count). The van der Waals surface area contributed by atoms with Crippen molar-refractivity contribution in [1.29, 1.82) is 0 Å². The second-order valence-corrected chi connectivity index (χ2v) is 11.6. The first kappa shape index (κ1) is 24.3. The zero-order chi connectivity index (χ0) is 22.7. The van der Waals surface area contributed by atoms with Crippen LogP contribution in [0.4, 0.5) is 5.69 Å². The summed E-state index contributed by atoms with van der Waals surface area (Å²) in [5, 5.41) is 1.91. The summed E-state index contributed by atoms with van der Waals surface area (Å²) in [7, 11) is -7.53. The molecule has 7 nitrogen and oxygen atoms in total. The number of hydrogen-bond acceptors (Lipinski definition) is 5. The van der Waals surface area contributed by atoms with Gasteiger partial charge in [-0.05, 0) is 44.2 Å². The molecular weight excluding hydrogens is 448 g/mol. The monoisotopic (exact) mass is 472 g/mol. The molecule has 0 heterocycles. The number of hydrogen-bond donors (Lipinski definition) is 1. The molecule has 0 aromatic heterocycles. The maximum absolute atomic E-state index is 12.8. The molecule has 0 unspecified atom stereocenters.